The number of allylic oxidation sites excluding steroid dienone is 1. The van der Waals surface area contributed by atoms with Crippen LogP contribution in [0.4, 0.5) is 5.69 Å². The Bertz CT molecular complexity index is 758. The molecule has 4 nitrogen and oxygen atoms in total. The second-order valence-electron chi connectivity index (χ2n) is 5.43. The van der Waals surface area contributed by atoms with Gasteiger partial charge in [0.05, 0.1) is 24.7 Å². The number of fused-ring (bicyclic) bond motifs is 1. The van der Waals surface area contributed by atoms with Crippen molar-refractivity contribution in [3.05, 3.63) is 71.4 Å². The summed E-state index contributed by atoms with van der Waals surface area (Å²) in [6.07, 6.45) is 1.55. The number of hydrogen-bond acceptors (Lipinski definition) is 4. The second kappa shape index (κ2) is 7.64. The molecule has 1 heterocycles. The first-order chi connectivity index (χ1) is 11.7. The number of carbonyl (C=O) groups excluding carboxylic acids is 1. The number of benzene rings is 2. The topological polar surface area (TPSA) is 47.6 Å². The minimum Gasteiger partial charge on any atom is -0.497 e. The molecule has 3 rings (SSSR count). The first-order valence-corrected chi connectivity index (χ1v) is 8.75. The molecular weight excluding hydrogens is 370 g/mol. The van der Waals surface area contributed by atoms with Crippen LogP contribution < -0.4 is 10.1 Å². The quantitative estimate of drug-likeness (QED) is 0.753. The molecule has 0 radical (unpaired) electrons. The van der Waals surface area contributed by atoms with Crippen LogP contribution in [0, 0.1) is 0 Å². The third kappa shape index (κ3) is 3.68. The van der Waals surface area contributed by atoms with E-state index < -0.39 is 0 Å². The minimum absolute atomic E-state index is 0.0169. The Morgan fingerprint density at radius 3 is 2.71 bits per heavy atom. The maximum Gasteiger partial charge on any atom is 0.189 e. The van der Waals surface area contributed by atoms with Crippen LogP contribution in [0.2, 0.25) is 0 Å². The van der Waals surface area contributed by atoms with Crippen LogP contribution in [-0.4, -0.2) is 18.2 Å². The fraction of sp³-hybridized carbons (Fsp3) is 0.211. The van der Waals surface area contributed by atoms with Crippen molar-refractivity contribution >= 4 is 27.4 Å². The van der Waals surface area contributed by atoms with E-state index in [0.717, 1.165) is 22.6 Å². The number of rotatable bonds is 6. The van der Waals surface area contributed by atoms with Crippen LogP contribution in [0.15, 0.2) is 60.3 Å². The summed E-state index contributed by atoms with van der Waals surface area (Å²) in [5.41, 5.74) is 3.44. The first kappa shape index (κ1) is 16.7. The highest BCUT2D eigenvalue weighted by molar-refractivity contribution is 9.09. The van der Waals surface area contributed by atoms with E-state index in [2.05, 4.69) is 21.2 Å². The number of nitrogens with one attached hydrogen (secondary N) is 1. The highest BCUT2D eigenvalue weighted by atomic mass is 79.9. The largest absolute Gasteiger partial charge is 0.497 e. The molecule has 2 aromatic carbocycles. The van der Waals surface area contributed by atoms with Gasteiger partial charge in [-0.05, 0) is 17.7 Å². The molecule has 0 unspecified atom stereocenters. The monoisotopic (exact) mass is 387 g/mol. The number of methoxy groups -OCH3 is 1. The molecule has 124 valence electrons. The summed E-state index contributed by atoms with van der Waals surface area (Å²) < 4.78 is 11.3. The van der Waals surface area contributed by atoms with Crippen molar-refractivity contribution in [1.29, 1.82) is 0 Å². The Hall–Kier alpha value is -2.11. The average molecular weight is 388 g/mol. The van der Waals surface area contributed by atoms with Crippen molar-refractivity contribution in [1.82, 2.24) is 0 Å². The second-order valence-corrected chi connectivity index (χ2v) is 5.99. The maximum absolute atomic E-state index is 12.1. The van der Waals surface area contributed by atoms with E-state index in [1.165, 1.54) is 0 Å². The zero-order valence-electron chi connectivity index (χ0n) is 13.3. The average Bonchev–Trinajstić information content (AvgIpc) is 2.65. The Morgan fingerprint density at radius 1 is 1.21 bits per heavy atom. The molecule has 1 aliphatic heterocycles. The molecular formula is C19H18BrNO3. The number of hydrogen-bond donors (Lipinski definition) is 1. The van der Waals surface area contributed by atoms with Gasteiger partial charge in [0.2, 0.25) is 0 Å². The third-order valence-electron chi connectivity index (χ3n) is 3.85. The van der Waals surface area contributed by atoms with E-state index in [-0.39, 0.29) is 17.2 Å². The van der Waals surface area contributed by atoms with E-state index >= 15 is 0 Å². The summed E-state index contributed by atoms with van der Waals surface area (Å²) in [6.45, 7) is 0.475. The molecule has 24 heavy (non-hydrogen) atoms. The van der Waals surface area contributed by atoms with Crippen molar-refractivity contribution in [2.45, 2.75) is 12.7 Å². The number of anilines is 1. The van der Waals surface area contributed by atoms with Crippen LogP contribution in [-0.2, 0) is 16.1 Å². The van der Waals surface area contributed by atoms with E-state index in [1.54, 1.807) is 7.11 Å². The van der Waals surface area contributed by atoms with Crippen molar-refractivity contribution in [3.63, 3.8) is 0 Å². The van der Waals surface area contributed by atoms with Gasteiger partial charge in [-0.15, -0.1) is 0 Å². The van der Waals surface area contributed by atoms with Gasteiger partial charge in [-0.1, -0.05) is 52.3 Å². The minimum atomic E-state index is -0.287. The lowest BCUT2D eigenvalue weighted by Gasteiger charge is -2.26. The fourth-order valence-electron chi connectivity index (χ4n) is 2.58. The smallest absolute Gasteiger partial charge is 0.189 e. The van der Waals surface area contributed by atoms with Gasteiger partial charge in [-0.2, -0.15) is 0 Å². The van der Waals surface area contributed by atoms with Crippen LogP contribution in [0.25, 0.3) is 0 Å². The zero-order valence-corrected chi connectivity index (χ0v) is 14.9. The normalized spacial score (nSPS) is 15.9. The van der Waals surface area contributed by atoms with Gasteiger partial charge in [-0.3, -0.25) is 4.79 Å². The zero-order chi connectivity index (χ0) is 16.9. The van der Waals surface area contributed by atoms with E-state index in [1.807, 2.05) is 54.6 Å². The Balaban J connectivity index is 1.87. The van der Waals surface area contributed by atoms with Crippen LogP contribution in [0.1, 0.15) is 17.2 Å². The number of alkyl halides is 1. The molecule has 1 atom stereocenters. The van der Waals surface area contributed by atoms with Gasteiger partial charge in [0.15, 0.2) is 5.78 Å². The van der Waals surface area contributed by atoms with E-state index in [9.17, 15) is 4.79 Å². The Morgan fingerprint density at radius 2 is 2.00 bits per heavy atom. The van der Waals surface area contributed by atoms with Gasteiger partial charge >= 0.3 is 0 Å². The van der Waals surface area contributed by atoms with Crippen molar-refractivity contribution in [3.8, 4) is 5.75 Å². The number of carbonyl (C=O) groups is 1. The van der Waals surface area contributed by atoms with Gasteiger partial charge < -0.3 is 14.8 Å². The molecule has 0 spiro atoms. The third-order valence-corrected chi connectivity index (χ3v) is 4.36. The summed E-state index contributed by atoms with van der Waals surface area (Å²) in [7, 11) is 1.62. The molecule has 1 N–H and O–H groups in total. The van der Waals surface area contributed by atoms with Crippen LogP contribution in [0.3, 0.4) is 0 Å². The van der Waals surface area contributed by atoms with Gasteiger partial charge in [0.25, 0.3) is 0 Å². The standard InChI is InChI=1S/C19H18BrNO3/c1-23-14-7-8-15-16(9-14)21-17(18(22)11-20)10-19(15)24-12-13-5-3-2-4-6-13/h2-10,19,21H,11-12H2,1H3/t19-/m0/s1. The lowest BCUT2D eigenvalue weighted by atomic mass is 10.0. The molecule has 0 fully saturated rings. The maximum atomic E-state index is 12.1. The molecule has 0 bridgehead atoms. The summed E-state index contributed by atoms with van der Waals surface area (Å²) >= 11 is 3.22. The van der Waals surface area contributed by atoms with Crippen LogP contribution >= 0.6 is 15.9 Å². The molecule has 0 aliphatic carbocycles. The summed E-state index contributed by atoms with van der Waals surface area (Å²) in [4.78, 5) is 12.1. The SMILES string of the molecule is COc1ccc2c(c1)NC(C(=O)CBr)=C[C@@H]2OCc1ccccc1. The van der Waals surface area contributed by atoms with E-state index in [4.69, 9.17) is 9.47 Å². The van der Waals surface area contributed by atoms with Crippen LogP contribution in [0.5, 0.6) is 5.75 Å². The molecule has 5 heteroatoms. The van der Waals surface area contributed by atoms with Gasteiger partial charge in [-0.25, -0.2) is 0 Å². The fourth-order valence-corrected chi connectivity index (χ4v) is 2.88. The molecule has 0 saturated heterocycles. The molecule has 0 amide bonds. The first-order valence-electron chi connectivity index (χ1n) is 7.62. The van der Waals surface area contributed by atoms with Crippen molar-refractivity contribution in [2.24, 2.45) is 0 Å². The highest BCUT2D eigenvalue weighted by Gasteiger charge is 2.24. The number of ether oxygens (including phenoxy) is 2. The van der Waals surface area contributed by atoms with Crippen molar-refractivity contribution in [2.75, 3.05) is 17.8 Å². The number of halogens is 1. The lowest BCUT2D eigenvalue weighted by molar-refractivity contribution is -0.113. The lowest BCUT2D eigenvalue weighted by Crippen LogP contribution is -2.20. The Labute approximate surface area is 149 Å². The molecule has 0 aromatic heterocycles. The number of Topliss-reactive ketones (excluding diaryl/α,β-unsaturated/α-hetero) is 1. The highest BCUT2D eigenvalue weighted by Crippen LogP contribution is 2.36. The predicted molar refractivity (Wildman–Crippen MR) is 97.5 cm³/mol. The number of ketones is 1. The Kier molecular flexibility index (Phi) is 5.33. The predicted octanol–water partition coefficient (Wildman–Crippen LogP) is 4.23. The van der Waals surface area contributed by atoms with Gasteiger partial charge in [0.1, 0.15) is 11.9 Å². The van der Waals surface area contributed by atoms with E-state index in [0.29, 0.717) is 12.3 Å². The summed E-state index contributed by atoms with van der Waals surface area (Å²) in [5, 5.41) is 3.43. The van der Waals surface area contributed by atoms with Crippen molar-refractivity contribution < 1.29 is 14.3 Å². The molecule has 1 aliphatic rings. The summed E-state index contributed by atoms with van der Waals surface area (Å²) in [6, 6.07) is 15.7. The molecule has 2 aromatic rings. The van der Waals surface area contributed by atoms with Gasteiger partial charge in [0, 0.05) is 17.3 Å². The molecule has 0 saturated carbocycles. The summed E-state index contributed by atoms with van der Waals surface area (Å²) in [5.74, 6) is 0.715.